The van der Waals surface area contributed by atoms with Gasteiger partial charge in [-0.2, -0.15) is 0 Å². The summed E-state index contributed by atoms with van der Waals surface area (Å²) >= 11 is 1.66. The first-order valence-electron chi connectivity index (χ1n) is 9.67. The number of nitrogens with one attached hydrogen (secondary N) is 2. The molecule has 160 valence electrons. The monoisotopic (exact) mass is 529 g/mol. The van der Waals surface area contributed by atoms with Gasteiger partial charge in [0, 0.05) is 38.1 Å². The molecule has 2 N–H and O–H groups in total. The second-order valence-electron chi connectivity index (χ2n) is 7.09. The molecule has 0 spiro atoms. The van der Waals surface area contributed by atoms with Crippen LogP contribution in [0.3, 0.4) is 0 Å². The number of benzene rings is 1. The highest BCUT2D eigenvalue weighted by Crippen LogP contribution is 2.18. The summed E-state index contributed by atoms with van der Waals surface area (Å²) in [5.41, 5.74) is 2.96. The Balaban J connectivity index is 0.00000420. The predicted molar refractivity (Wildman–Crippen MR) is 133 cm³/mol. The van der Waals surface area contributed by atoms with E-state index in [1.807, 2.05) is 31.2 Å². The van der Waals surface area contributed by atoms with Gasteiger partial charge in [-0.15, -0.1) is 35.3 Å². The highest BCUT2D eigenvalue weighted by molar-refractivity contribution is 14.0. The SMILES string of the molecule is CCNC(=NCc1nc(C(C)C)cs1)NCCc1cccc(C(=O)N(C)C)c1.I. The van der Waals surface area contributed by atoms with Crippen molar-refractivity contribution in [2.24, 2.45) is 4.99 Å². The number of halogens is 1. The van der Waals surface area contributed by atoms with E-state index < -0.39 is 0 Å². The van der Waals surface area contributed by atoms with Crippen LogP contribution in [0.5, 0.6) is 0 Å². The van der Waals surface area contributed by atoms with E-state index in [-0.39, 0.29) is 29.9 Å². The molecule has 0 unspecified atom stereocenters. The Labute approximate surface area is 195 Å². The van der Waals surface area contributed by atoms with Gasteiger partial charge in [0.2, 0.25) is 0 Å². The highest BCUT2D eigenvalue weighted by Gasteiger charge is 2.08. The zero-order valence-corrected chi connectivity index (χ0v) is 21.0. The molecule has 1 amide bonds. The Hall–Kier alpha value is -1.68. The molecule has 2 aromatic rings. The molecule has 0 atom stereocenters. The Kier molecular flexibility index (Phi) is 11.2. The third kappa shape index (κ3) is 8.30. The number of rotatable bonds is 8. The van der Waals surface area contributed by atoms with E-state index in [4.69, 9.17) is 0 Å². The Bertz CT molecular complexity index is 804. The first-order chi connectivity index (χ1) is 13.4. The highest BCUT2D eigenvalue weighted by atomic mass is 127. The minimum Gasteiger partial charge on any atom is -0.357 e. The molecular weight excluding hydrogens is 497 g/mol. The Morgan fingerprint density at radius 3 is 2.66 bits per heavy atom. The second kappa shape index (κ2) is 12.8. The molecule has 1 heterocycles. The van der Waals surface area contributed by atoms with Gasteiger partial charge in [0.25, 0.3) is 5.91 Å². The van der Waals surface area contributed by atoms with Crippen LogP contribution in [0, 0.1) is 0 Å². The number of hydrogen-bond donors (Lipinski definition) is 2. The molecule has 1 aromatic carbocycles. The maximum Gasteiger partial charge on any atom is 0.253 e. The molecule has 8 heteroatoms. The van der Waals surface area contributed by atoms with Gasteiger partial charge in [-0.05, 0) is 37.0 Å². The fourth-order valence-electron chi connectivity index (χ4n) is 2.59. The van der Waals surface area contributed by atoms with E-state index in [0.29, 0.717) is 18.0 Å². The van der Waals surface area contributed by atoms with E-state index in [1.165, 1.54) is 0 Å². The van der Waals surface area contributed by atoms with Crippen LogP contribution >= 0.6 is 35.3 Å². The quantitative estimate of drug-likeness (QED) is 0.310. The maximum atomic E-state index is 12.1. The molecule has 0 aliphatic carbocycles. The van der Waals surface area contributed by atoms with E-state index in [2.05, 4.69) is 39.8 Å². The van der Waals surface area contributed by atoms with Crippen molar-refractivity contribution in [3.8, 4) is 0 Å². The van der Waals surface area contributed by atoms with E-state index in [9.17, 15) is 4.79 Å². The largest absolute Gasteiger partial charge is 0.357 e. The first-order valence-corrected chi connectivity index (χ1v) is 10.6. The zero-order valence-electron chi connectivity index (χ0n) is 17.9. The number of hydrogen-bond acceptors (Lipinski definition) is 4. The number of thiazole rings is 1. The average Bonchev–Trinajstić information content (AvgIpc) is 3.15. The number of nitrogens with zero attached hydrogens (tertiary/aromatic N) is 3. The molecule has 0 aliphatic rings. The lowest BCUT2D eigenvalue weighted by Gasteiger charge is -2.13. The van der Waals surface area contributed by atoms with Crippen molar-refractivity contribution < 1.29 is 4.79 Å². The topological polar surface area (TPSA) is 69.6 Å². The smallest absolute Gasteiger partial charge is 0.253 e. The lowest BCUT2D eigenvalue weighted by Crippen LogP contribution is -2.38. The van der Waals surface area contributed by atoms with Crippen LogP contribution in [0.4, 0.5) is 0 Å². The third-order valence-corrected chi connectivity index (χ3v) is 5.02. The first kappa shape index (κ1) is 25.4. The minimum atomic E-state index is 0. The van der Waals surface area contributed by atoms with Crippen molar-refractivity contribution in [1.82, 2.24) is 20.5 Å². The Morgan fingerprint density at radius 1 is 1.28 bits per heavy atom. The van der Waals surface area contributed by atoms with Crippen LogP contribution in [-0.2, 0) is 13.0 Å². The van der Waals surface area contributed by atoms with Crippen LogP contribution in [0.2, 0.25) is 0 Å². The van der Waals surface area contributed by atoms with Crippen molar-refractivity contribution in [2.45, 2.75) is 39.7 Å². The molecule has 29 heavy (non-hydrogen) atoms. The zero-order chi connectivity index (χ0) is 20.5. The van der Waals surface area contributed by atoms with E-state index in [1.54, 1.807) is 30.3 Å². The summed E-state index contributed by atoms with van der Waals surface area (Å²) in [6.45, 7) is 8.45. The fourth-order valence-corrected chi connectivity index (χ4v) is 3.47. The Morgan fingerprint density at radius 2 is 2.03 bits per heavy atom. The number of guanidine groups is 1. The van der Waals surface area contributed by atoms with Crippen LogP contribution in [0.25, 0.3) is 0 Å². The number of amides is 1. The number of aliphatic imine (C=N–C) groups is 1. The van der Waals surface area contributed by atoms with E-state index in [0.717, 1.165) is 41.7 Å². The summed E-state index contributed by atoms with van der Waals surface area (Å²) in [5.74, 6) is 1.24. The van der Waals surface area contributed by atoms with Gasteiger partial charge < -0.3 is 15.5 Å². The second-order valence-corrected chi connectivity index (χ2v) is 8.04. The molecule has 0 radical (unpaired) electrons. The molecule has 0 saturated heterocycles. The van der Waals surface area contributed by atoms with Crippen molar-refractivity contribution >= 4 is 47.2 Å². The van der Waals surface area contributed by atoms with Gasteiger partial charge >= 0.3 is 0 Å². The summed E-state index contributed by atoms with van der Waals surface area (Å²) < 4.78 is 0. The molecule has 1 aromatic heterocycles. The summed E-state index contributed by atoms with van der Waals surface area (Å²) in [4.78, 5) is 23.0. The summed E-state index contributed by atoms with van der Waals surface area (Å²) in [5, 5.41) is 9.76. The van der Waals surface area contributed by atoms with Crippen molar-refractivity contribution in [2.75, 3.05) is 27.2 Å². The van der Waals surface area contributed by atoms with Crippen LogP contribution < -0.4 is 10.6 Å². The van der Waals surface area contributed by atoms with Gasteiger partial charge in [-0.25, -0.2) is 9.98 Å². The van der Waals surface area contributed by atoms with Crippen molar-refractivity contribution in [3.63, 3.8) is 0 Å². The molecule has 0 fully saturated rings. The molecule has 2 rings (SSSR count). The molecule has 0 saturated carbocycles. The van der Waals surface area contributed by atoms with Gasteiger partial charge in [0.15, 0.2) is 5.96 Å². The lowest BCUT2D eigenvalue weighted by atomic mass is 10.1. The molecule has 6 nitrogen and oxygen atoms in total. The van der Waals surface area contributed by atoms with Gasteiger partial charge in [0.05, 0.1) is 12.2 Å². The minimum absolute atomic E-state index is 0. The third-order valence-electron chi connectivity index (χ3n) is 4.16. The fraction of sp³-hybridized carbons (Fsp3) is 0.476. The van der Waals surface area contributed by atoms with Gasteiger partial charge in [-0.3, -0.25) is 4.79 Å². The van der Waals surface area contributed by atoms with Crippen LogP contribution in [-0.4, -0.2) is 48.9 Å². The lowest BCUT2D eigenvalue weighted by molar-refractivity contribution is 0.0827. The van der Waals surface area contributed by atoms with Crippen molar-refractivity contribution in [1.29, 1.82) is 0 Å². The molecular formula is C21H32IN5OS. The normalized spacial score (nSPS) is 11.2. The van der Waals surface area contributed by atoms with Crippen LogP contribution in [0.1, 0.15) is 53.3 Å². The van der Waals surface area contributed by atoms with Crippen LogP contribution in [0.15, 0.2) is 34.6 Å². The number of carbonyl (C=O) groups excluding carboxylic acids is 1. The summed E-state index contributed by atoms with van der Waals surface area (Å²) in [6, 6.07) is 7.78. The molecule has 0 bridgehead atoms. The predicted octanol–water partition coefficient (Wildman–Crippen LogP) is 3.88. The summed E-state index contributed by atoms with van der Waals surface area (Å²) in [7, 11) is 3.53. The number of carbonyl (C=O) groups is 1. The number of aromatic nitrogens is 1. The van der Waals surface area contributed by atoms with Gasteiger partial charge in [0.1, 0.15) is 5.01 Å². The maximum absolute atomic E-state index is 12.1. The van der Waals surface area contributed by atoms with Gasteiger partial charge in [-0.1, -0.05) is 26.0 Å². The van der Waals surface area contributed by atoms with E-state index >= 15 is 0 Å². The van der Waals surface area contributed by atoms with Crippen molar-refractivity contribution in [3.05, 3.63) is 51.5 Å². The average molecular weight is 529 g/mol. The standard InChI is InChI=1S/C21H31N5OS.HI/c1-6-22-21(24-13-19-25-18(14-28-19)15(2)3)23-11-10-16-8-7-9-17(12-16)20(27)26(4)5;/h7-9,12,14-15H,6,10-11,13H2,1-5H3,(H2,22,23,24);1H. The molecule has 0 aliphatic heterocycles. The summed E-state index contributed by atoms with van der Waals surface area (Å²) in [6.07, 6.45) is 0.813.